The van der Waals surface area contributed by atoms with Crippen LogP contribution in [0.5, 0.6) is 0 Å². The first-order chi connectivity index (χ1) is 8.11. The molecule has 2 heteroatoms. The van der Waals surface area contributed by atoms with E-state index in [1.807, 2.05) is 0 Å². The average Bonchev–Trinajstić information content (AvgIpc) is 2.68. The number of nitrogens with zero attached hydrogens (tertiary/aromatic N) is 1. The molecule has 2 rings (SSSR count). The minimum atomic E-state index is 0.602. The monoisotopic (exact) mass is 238 g/mol. The Morgan fingerprint density at radius 1 is 1.18 bits per heavy atom. The van der Waals surface area contributed by atoms with Crippen molar-refractivity contribution in [2.24, 2.45) is 11.3 Å². The summed E-state index contributed by atoms with van der Waals surface area (Å²) in [6.45, 7) is 12.1. The van der Waals surface area contributed by atoms with Crippen LogP contribution >= 0.6 is 0 Å². The molecule has 0 aromatic rings. The number of hydrogen-bond donors (Lipinski definition) is 1. The highest BCUT2D eigenvalue weighted by Crippen LogP contribution is 2.40. The highest BCUT2D eigenvalue weighted by atomic mass is 15.2. The Balaban J connectivity index is 1.72. The Bertz CT molecular complexity index is 229. The van der Waals surface area contributed by atoms with E-state index < -0.39 is 0 Å². The van der Waals surface area contributed by atoms with Gasteiger partial charge in [-0.2, -0.15) is 0 Å². The minimum absolute atomic E-state index is 0.602. The second kappa shape index (κ2) is 5.71. The van der Waals surface area contributed by atoms with E-state index in [1.165, 1.54) is 51.7 Å². The normalized spacial score (nSPS) is 30.9. The van der Waals surface area contributed by atoms with Gasteiger partial charge in [-0.25, -0.2) is 0 Å². The summed E-state index contributed by atoms with van der Waals surface area (Å²) in [5.41, 5.74) is 0.602. The number of rotatable bonds is 4. The van der Waals surface area contributed by atoms with E-state index in [4.69, 9.17) is 0 Å². The van der Waals surface area contributed by atoms with Crippen molar-refractivity contribution in [1.82, 2.24) is 10.2 Å². The summed E-state index contributed by atoms with van der Waals surface area (Å²) in [6, 6.07) is 0.894. The Labute approximate surface area is 107 Å². The Hall–Kier alpha value is -0.0800. The smallest absolute Gasteiger partial charge is 0.0100 e. The van der Waals surface area contributed by atoms with Crippen LogP contribution in [0.2, 0.25) is 0 Å². The van der Waals surface area contributed by atoms with Gasteiger partial charge in [0.2, 0.25) is 0 Å². The second-order valence-corrected chi connectivity index (χ2v) is 6.85. The molecule has 0 radical (unpaired) electrons. The molecule has 1 aliphatic carbocycles. The van der Waals surface area contributed by atoms with E-state index >= 15 is 0 Å². The van der Waals surface area contributed by atoms with Crippen molar-refractivity contribution in [1.29, 1.82) is 0 Å². The van der Waals surface area contributed by atoms with Crippen LogP contribution in [0.1, 0.15) is 52.9 Å². The zero-order valence-corrected chi connectivity index (χ0v) is 12.0. The number of hydrogen-bond acceptors (Lipinski definition) is 2. The van der Waals surface area contributed by atoms with Gasteiger partial charge in [0.15, 0.2) is 0 Å². The van der Waals surface area contributed by atoms with Crippen LogP contribution in [0, 0.1) is 11.3 Å². The molecule has 2 fully saturated rings. The second-order valence-electron chi connectivity index (χ2n) is 6.85. The molecule has 0 bridgehead atoms. The zero-order chi connectivity index (χ0) is 12.3. The summed E-state index contributed by atoms with van der Waals surface area (Å²) in [5.74, 6) is 0.931. The van der Waals surface area contributed by atoms with Crippen molar-refractivity contribution < 1.29 is 0 Å². The predicted molar refractivity (Wildman–Crippen MR) is 74.3 cm³/mol. The number of piperidine rings is 1. The minimum Gasteiger partial charge on any atom is -0.317 e. The van der Waals surface area contributed by atoms with E-state index in [2.05, 4.69) is 31.0 Å². The molecular weight excluding hydrogens is 208 g/mol. The van der Waals surface area contributed by atoms with Crippen LogP contribution in [-0.4, -0.2) is 37.1 Å². The third kappa shape index (κ3) is 3.69. The SMILES string of the molecule is CCNCC1CCN(C2CCC(C)(C)C2)CC1. The highest BCUT2D eigenvalue weighted by Gasteiger charge is 2.35. The van der Waals surface area contributed by atoms with Gasteiger partial charge in [-0.3, -0.25) is 0 Å². The van der Waals surface area contributed by atoms with Crippen molar-refractivity contribution in [3.8, 4) is 0 Å². The average molecular weight is 238 g/mol. The molecule has 1 N–H and O–H groups in total. The van der Waals surface area contributed by atoms with Gasteiger partial charge in [0.1, 0.15) is 0 Å². The summed E-state index contributed by atoms with van der Waals surface area (Å²) < 4.78 is 0. The third-order valence-electron chi connectivity index (χ3n) is 4.79. The van der Waals surface area contributed by atoms with Crippen LogP contribution < -0.4 is 5.32 Å². The topological polar surface area (TPSA) is 15.3 Å². The first-order valence-corrected chi connectivity index (χ1v) is 7.55. The van der Waals surface area contributed by atoms with Gasteiger partial charge in [0, 0.05) is 6.04 Å². The molecule has 1 unspecified atom stereocenters. The predicted octanol–water partition coefficient (Wildman–Crippen LogP) is 2.89. The third-order valence-corrected chi connectivity index (χ3v) is 4.79. The molecule has 1 saturated heterocycles. The standard InChI is InChI=1S/C15H30N2/c1-4-16-12-13-6-9-17(10-7-13)14-5-8-15(2,3)11-14/h13-14,16H,4-12H2,1-3H3. The maximum absolute atomic E-state index is 3.50. The van der Waals surface area contributed by atoms with Gasteiger partial charge in [-0.05, 0) is 69.6 Å². The van der Waals surface area contributed by atoms with Gasteiger partial charge >= 0.3 is 0 Å². The molecule has 1 saturated carbocycles. The molecule has 2 aliphatic rings. The molecule has 17 heavy (non-hydrogen) atoms. The fourth-order valence-electron chi connectivity index (χ4n) is 3.58. The summed E-state index contributed by atoms with van der Waals surface area (Å²) in [6.07, 6.45) is 7.10. The van der Waals surface area contributed by atoms with Crippen molar-refractivity contribution in [2.45, 2.75) is 58.9 Å². The van der Waals surface area contributed by atoms with E-state index in [-0.39, 0.29) is 0 Å². The lowest BCUT2D eigenvalue weighted by molar-refractivity contribution is 0.127. The van der Waals surface area contributed by atoms with Gasteiger partial charge in [-0.15, -0.1) is 0 Å². The van der Waals surface area contributed by atoms with Crippen LogP contribution in [-0.2, 0) is 0 Å². The number of nitrogens with one attached hydrogen (secondary N) is 1. The van der Waals surface area contributed by atoms with Crippen molar-refractivity contribution in [3.63, 3.8) is 0 Å². The summed E-state index contributed by atoms with van der Waals surface area (Å²) in [5, 5.41) is 3.50. The fourth-order valence-corrected chi connectivity index (χ4v) is 3.58. The quantitative estimate of drug-likeness (QED) is 0.810. The van der Waals surface area contributed by atoms with Crippen molar-refractivity contribution in [3.05, 3.63) is 0 Å². The Morgan fingerprint density at radius 2 is 1.88 bits per heavy atom. The van der Waals surface area contributed by atoms with Crippen LogP contribution in [0.15, 0.2) is 0 Å². The lowest BCUT2D eigenvalue weighted by Gasteiger charge is -2.36. The van der Waals surface area contributed by atoms with E-state index in [0.29, 0.717) is 5.41 Å². The molecule has 1 aliphatic heterocycles. The number of likely N-dealkylation sites (tertiary alicyclic amines) is 1. The largest absolute Gasteiger partial charge is 0.317 e. The lowest BCUT2D eigenvalue weighted by atomic mass is 9.91. The maximum Gasteiger partial charge on any atom is 0.0100 e. The summed E-state index contributed by atoms with van der Waals surface area (Å²) in [7, 11) is 0. The molecule has 0 spiro atoms. The van der Waals surface area contributed by atoms with Gasteiger partial charge in [0.05, 0.1) is 0 Å². The Morgan fingerprint density at radius 3 is 2.41 bits per heavy atom. The maximum atomic E-state index is 3.50. The molecule has 0 aromatic carbocycles. The first kappa shape index (κ1) is 13.4. The van der Waals surface area contributed by atoms with E-state index in [1.54, 1.807) is 0 Å². The van der Waals surface area contributed by atoms with Crippen LogP contribution in [0.4, 0.5) is 0 Å². The Kier molecular flexibility index (Phi) is 4.48. The fraction of sp³-hybridized carbons (Fsp3) is 1.00. The van der Waals surface area contributed by atoms with Crippen LogP contribution in [0.25, 0.3) is 0 Å². The molecule has 0 aromatic heterocycles. The molecular formula is C15H30N2. The molecule has 0 amide bonds. The van der Waals surface area contributed by atoms with Crippen molar-refractivity contribution in [2.75, 3.05) is 26.2 Å². The van der Waals surface area contributed by atoms with Gasteiger partial charge < -0.3 is 10.2 Å². The first-order valence-electron chi connectivity index (χ1n) is 7.55. The summed E-state index contributed by atoms with van der Waals surface area (Å²) in [4.78, 5) is 2.77. The summed E-state index contributed by atoms with van der Waals surface area (Å²) >= 11 is 0. The zero-order valence-electron chi connectivity index (χ0n) is 12.0. The molecule has 100 valence electrons. The molecule has 1 atom stereocenters. The van der Waals surface area contributed by atoms with Crippen LogP contribution in [0.3, 0.4) is 0 Å². The van der Waals surface area contributed by atoms with Gasteiger partial charge in [0.25, 0.3) is 0 Å². The van der Waals surface area contributed by atoms with Crippen molar-refractivity contribution >= 4 is 0 Å². The molecule has 2 nitrogen and oxygen atoms in total. The lowest BCUT2D eigenvalue weighted by Crippen LogP contribution is -2.42. The van der Waals surface area contributed by atoms with E-state index in [9.17, 15) is 0 Å². The molecule has 1 heterocycles. The van der Waals surface area contributed by atoms with Gasteiger partial charge in [-0.1, -0.05) is 20.8 Å². The highest BCUT2D eigenvalue weighted by molar-refractivity contribution is 4.89. The van der Waals surface area contributed by atoms with E-state index in [0.717, 1.165) is 18.5 Å².